The summed E-state index contributed by atoms with van der Waals surface area (Å²) < 4.78 is 0. The number of carbonyl (C=O) groups is 1. The zero-order valence-corrected chi connectivity index (χ0v) is 6.46. The van der Waals surface area contributed by atoms with E-state index in [-0.39, 0.29) is 5.91 Å². The van der Waals surface area contributed by atoms with Gasteiger partial charge in [0.1, 0.15) is 0 Å². The fraction of sp³-hybridized carbons (Fsp3) is 0.333. The third-order valence-corrected chi connectivity index (χ3v) is 1.25. The van der Waals surface area contributed by atoms with E-state index in [9.17, 15) is 4.79 Å². The van der Waals surface area contributed by atoms with Gasteiger partial charge < -0.3 is 0 Å². The minimum atomic E-state index is -0.297. The van der Waals surface area contributed by atoms with Gasteiger partial charge in [-0.1, -0.05) is 0 Å². The molecule has 0 aliphatic rings. The smallest absolute Gasteiger partial charge is 0.282 e. The Morgan fingerprint density at radius 1 is 1.82 bits per heavy atom. The number of aryl methyl sites for hydroxylation is 1. The Labute approximate surface area is 64.2 Å². The van der Waals surface area contributed by atoms with Gasteiger partial charge in [-0.15, -0.1) is 0 Å². The van der Waals surface area contributed by atoms with Crippen LogP contribution in [0.2, 0.25) is 0 Å². The second kappa shape index (κ2) is 2.71. The second-order valence-electron chi connectivity index (χ2n) is 2.35. The molecule has 60 valence electrons. The van der Waals surface area contributed by atoms with Gasteiger partial charge in [0.2, 0.25) is 0 Å². The van der Waals surface area contributed by atoms with Crippen LogP contribution in [0.1, 0.15) is 16.2 Å². The molecule has 0 saturated carbocycles. The first-order valence-electron chi connectivity index (χ1n) is 3.16. The van der Waals surface area contributed by atoms with Crippen LogP contribution in [-0.4, -0.2) is 28.2 Å². The normalized spacial score (nSPS) is 9.73. The summed E-state index contributed by atoms with van der Waals surface area (Å²) in [6, 6.07) is 1.64. The lowest BCUT2D eigenvalue weighted by molar-refractivity contribution is 0.0789. The van der Waals surface area contributed by atoms with Gasteiger partial charge in [-0.05, 0) is 13.0 Å². The predicted molar refractivity (Wildman–Crippen MR) is 39.6 cm³/mol. The van der Waals surface area contributed by atoms with Crippen molar-refractivity contribution in [2.24, 2.45) is 5.84 Å². The van der Waals surface area contributed by atoms with Crippen LogP contribution < -0.4 is 5.84 Å². The molecule has 1 amide bonds. The Morgan fingerprint density at radius 3 is 2.82 bits per heavy atom. The minimum absolute atomic E-state index is 0.297. The van der Waals surface area contributed by atoms with Crippen LogP contribution in [0.5, 0.6) is 0 Å². The van der Waals surface area contributed by atoms with E-state index in [2.05, 4.69) is 10.2 Å². The molecule has 5 heteroatoms. The number of nitrogens with zero attached hydrogens (tertiary/aromatic N) is 2. The van der Waals surface area contributed by atoms with Crippen molar-refractivity contribution in [3.8, 4) is 0 Å². The second-order valence-corrected chi connectivity index (χ2v) is 2.35. The highest BCUT2D eigenvalue weighted by molar-refractivity contribution is 5.91. The van der Waals surface area contributed by atoms with Crippen molar-refractivity contribution in [2.75, 3.05) is 7.05 Å². The summed E-state index contributed by atoms with van der Waals surface area (Å²) in [5.74, 6) is 4.91. The summed E-state index contributed by atoms with van der Waals surface area (Å²) in [5, 5.41) is 7.39. The summed E-state index contributed by atoms with van der Waals surface area (Å²) in [4.78, 5) is 11.1. The Morgan fingerprint density at radius 2 is 2.45 bits per heavy atom. The van der Waals surface area contributed by atoms with Crippen molar-refractivity contribution in [2.45, 2.75) is 6.92 Å². The number of nitrogens with one attached hydrogen (secondary N) is 1. The number of aromatic nitrogens is 2. The van der Waals surface area contributed by atoms with Gasteiger partial charge in [-0.3, -0.25) is 14.9 Å². The molecule has 0 aliphatic heterocycles. The molecule has 0 atom stereocenters. The summed E-state index contributed by atoms with van der Waals surface area (Å²) in [6.45, 7) is 1.82. The standard InChI is InChI=1S/C6H10N4O/c1-4-3-5(9-8-4)6(11)10(2)7/h3H,7H2,1-2H3,(H,8,9). The predicted octanol–water partition coefficient (Wildman–Crippen LogP) is -0.336. The fourth-order valence-electron chi connectivity index (χ4n) is 0.708. The molecule has 11 heavy (non-hydrogen) atoms. The minimum Gasteiger partial charge on any atom is -0.282 e. The lowest BCUT2D eigenvalue weighted by Gasteiger charge is -2.05. The van der Waals surface area contributed by atoms with Gasteiger partial charge >= 0.3 is 0 Å². The van der Waals surface area contributed by atoms with Crippen LogP contribution in [0.3, 0.4) is 0 Å². The molecule has 0 aromatic carbocycles. The van der Waals surface area contributed by atoms with E-state index >= 15 is 0 Å². The van der Waals surface area contributed by atoms with Gasteiger partial charge in [0.15, 0.2) is 5.69 Å². The van der Waals surface area contributed by atoms with Gasteiger partial charge in [0.05, 0.1) is 0 Å². The lowest BCUT2D eigenvalue weighted by Crippen LogP contribution is -2.33. The van der Waals surface area contributed by atoms with Crippen molar-refractivity contribution in [1.29, 1.82) is 0 Å². The quantitative estimate of drug-likeness (QED) is 0.330. The molecule has 0 bridgehead atoms. The van der Waals surface area contributed by atoms with Crippen molar-refractivity contribution in [3.63, 3.8) is 0 Å². The zero-order valence-electron chi connectivity index (χ0n) is 6.46. The number of hydrazine groups is 1. The molecule has 0 aliphatic carbocycles. The molecule has 1 aromatic heterocycles. The van der Waals surface area contributed by atoms with Gasteiger partial charge in [0, 0.05) is 12.7 Å². The summed E-state index contributed by atoms with van der Waals surface area (Å²) in [6.07, 6.45) is 0. The van der Waals surface area contributed by atoms with Crippen molar-refractivity contribution >= 4 is 5.91 Å². The number of rotatable bonds is 1. The van der Waals surface area contributed by atoms with E-state index in [1.54, 1.807) is 6.07 Å². The highest BCUT2D eigenvalue weighted by Crippen LogP contribution is 1.98. The lowest BCUT2D eigenvalue weighted by atomic mass is 10.3. The Hall–Kier alpha value is -1.36. The summed E-state index contributed by atoms with van der Waals surface area (Å²) in [7, 11) is 1.48. The monoisotopic (exact) mass is 154 g/mol. The highest BCUT2D eigenvalue weighted by atomic mass is 16.2. The average Bonchev–Trinajstić information content (AvgIpc) is 2.34. The number of H-pyrrole nitrogens is 1. The molecule has 3 N–H and O–H groups in total. The summed E-state index contributed by atoms with van der Waals surface area (Å²) >= 11 is 0. The highest BCUT2D eigenvalue weighted by Gasteiger charge is 2.10. The molecule has 0 radical (unpaired) electrons. The number of hydrogen-bond donors (Lipinski definition) is 2. The first-order chi connectivity index (χ1) is 5.11. The van der Waals surface area contributed by atoms with Crippen LogP contribution in [0, 0.1) is 6.92 Å². The van der Waals surface area contributed by atoms with Gasteiger partial charge in [-0.25, -0.2) is 5.84 Å². The van der Waals surface area contributed by atoms with Crippen molar-refractivity contribution in [1.82, 2.24) is 15.2 Å². The van der Waals surface area contributed by atoms with E-state index < -0.39 is 0 Å². The third kappa shape index (κ3) is 1.56. The molecule has 5 nitrogen and oxygen atoms in total. The number of hydrogen-bond acceptors (Lipinski definition) is 3. The average molecular weight is 154 g/mol. The van der Waals surface area contributed by atoms with Crippen LogP contribution in [0.4, 0.5) is 0 Å². The maximum Gasteiger partial charge on any atom is 0.287 e. The van der Waals surface area contributed by atoms with Crippen LogP contribution in [0.15, 0.2) is 6.07 Å². The largest absolute Gasteiger partial charge is 0.287 e. The molecule has 0 saturated heterocycles. The van der Waals surface area contributed by atoms with Crippen LogP contribution in [0.25, 0.3) is 0 Å². The maximum atomic E-state index is 11.1. The number of aromatic amines is 1. The van der Waals surface area contributed by atoms with Gasteiger partial charge in [-0.2, -0.15) is 5.10 Å². The number of carbonyl (C=O) groups excluding carboxylic acids is 1. The van der Waals surface area contributed by atoms with Crippen molar-refractivity contribution in [3.05, 3.63) is 17.5 Å². The molecular formula is C6H10N4O. The fourth-order valence-corrected chi connectivity index (χ4v) is 0.708. The Bertz CT molecular complexity index is 265. The molecule has 1 rings (SSSR count). The molecular weight excluding hydrogens is 144 g/mol. The maximum absolute atomic E-state index is 11.1. The topological polar surface area (TPSA) is 75.0 Å². The Kier molecular flexibility index (Phi) is 1.91. The van der Waals surface area contributed by atoms with E-state index in [4.69, 9.17) is 5.84 Å². The molecule has 1 aromatic rings. The first-order valence-corrected chi connectivity index (χ1v) is 3.16. The van der Waals surface area contributed by atoms with E-state index in [1.807, 2.05) is 6.92 Å². The van der Waals surface area contributed by atoms with Crippen LogP contribution >= 0.6 is 0 Å². The van der Waals surface area contributed by atoms with Gasteiger partial charge in [0.25, 0.3) is 5.91 Å². The number of nitrogens with two attached hydrogens (primary N) is 1. The van der Waals surface area contributed by atoms with Crippen LogP contribution in [-0.2, 0) is 0 Å². The summed E-state index contributed by atoms with van der Waals surface area (Å²) in [5.41, 5.74) is 1.18. The zero-order chi connectivity index (χ0) is 8.43. The molecule has 0 fully saturated rings. The van der Waals surface area contributed by atoms with Crippen molar-refractivity contribution < 1.29 is 4.79 Å². The van der Waals surface area contributed by atoms with E-state index in [0.717, 1.165) is 10.7 Å². The number of amides is 1. The third-order valence-electron chi connectivity index (χ3n) is 1.25. The Balaban J connectivity index is 2.85. The van der Waals surface area contributed by atoms with E-state index in [0.29, 0.717) is 5.69 Å². The molecule has 0 unspecified atom stereocenters. The molecule has 0 spiro atoms. The first kappa shape index (κ1) is 7.74. The SMILES string of the molecule is Cc1cc(C(=O)N(C)N)n[nH]1. The van der Waals surface area contributed by atoms with E-state index in [1.165, 1.54) is 7.05 Å². The molecule has 1 heterocycles.